The summed E-state index contributed by atoms with van der Waals surface area (Å²) >= 11 is 0. The summed E-state index contributed by atoms with van der Waals surface area (Å²) in [6, 6.07) is 7.68. The zero-order valence-corrected chi connectivity index (χ0v) is 13.0. The van der Waals surface area contributed by atoms with Crippen molar-refractivity contribution in [1.29, 1.82) is 5.26 Å². The molecule has 118 valence electrons. The molecule has 1 N–H and O–H groups in total. The normalized spacial score (nSPS) is 9.91. The van der Waals surface area contributed by atoms with E-state index >= 15 is 0 Å². The van der Waals surface area contributed by atoms with Crippen molar-refractivity contribution in [2.24, 2.45) is 0 Å². The van der Waals surface area contributed by atoms with Crippen LogP contribution in [0.3, 0.4) is 0 Å². The molecule has 6 nitrogen and oxygen atoms in total. The molecule has 0 spiro atoms. The van der Waals surface area contributed by atoms with E-state index in [0.29, 0.717) is 37.4 Å². The number of nitrogens with zero attached hydrogens (tertiary/aromatic N) is 3. The lowest BCUT2D eigenvalue weighted by Gasteiger charge is -2.09. The van der Waals surface area contributed by atoms with Crippen LogP contribution in [-0.4, -0.2) is 29.1 Å². The monoisotopic (exact) mass is 310 g/mol. The topological polar surface area (TPSA) is 87.9 Å². The molecule has 2 heterocycles. The minimum absolute atomic E-state index is 0.206. The molecule has 23 heavy (non-hydrogen) atoms. The van der Waals surface area contributed by atoms with Gasteiger partial charge < -0.3 is 10.1 Å². The quantitative estimate of drug-likeness (QED) is 0.625. The summed E-state index contributed by atoms with van der Waals surface area (Å²) in [6.07, 6.45) is 6.15. The van der Waals surface area contributed by atoms with Crippen LogP contribution in [0.4, 0.5) is 5.82 Å². The molecule has 0 fully saturated rings. The predicted molar refractivity (Wildman–Crippen MR) is 86.5 cm³/mol. The van der Waals surface area contributed by atoms with Crippen LogP contribution in [-0.2, 0) is 9.53 Å². The number of carbonyl (C=O) groups is 1. The van der Waals surface area contributed by atoms with Crippen LogP contribution in [0.5, 0.6) is 0 Å². The summed E-state index contributed by atoms with van der Waals surface area (Å²) in [5.74, 6) is 0.328. The Morgan fingerprint density at radius 2 is 2.13 bits per heavy atom. The van der Waals surface area contributed by atoms with Crippen LogP contribution in [0.1, 0.15) is 25.3 Å². The summed E-state index contributed by atoms with van der Waals surface area (Å²) in [7, 11) is 0. The highest BCUT2D eigenvalue weighted by molar-refractivity contribution is 5.69. The summed E-state index contributed by atoms with van der Waals surface area (Å²) < 4.78 is 4.99. The van der Waals surface area contributed by atoms with E-state index in [-0.39, 0.29) is 5.97 Å². The number of aromatic nitrogens is 2. The molecule has 0 amide bonds. The number of ether oxygens (including phenoxy) is 1. The summed E-state index contributed by atoms with van der Waals surface area (Å²) in [5.41, 5.74) is 2.30. The molecule has 0 aliphatic rings. The number of esters is 1. The highest BCUT2D eigenvalue weighted by Crippen LogP contribution is 2.22. The Bertz CT molecular complexity index is 695. The summed E-state index contributed by atoms with van der Waals surface area (Å²) in [6.45, 7) is 2.69. The van der Waals surface area contributed by atoms with Gasteiger partial charge in [0.1, 0.15) is 11.9 Å². The Labute approximate surface area is 135 Å². The van der Waals surface area contributed by atoms with Gasteiger partial charge in [0.25, 0.3) is 0 Å². The summed E-state index contributed by atoms with van der Waals surface area (Å²) in [4.78, 5) is 19.3. The number of pyridine rings is 2. The number of nitriles is 1. The lowest BCUT2D eigenvalue weighted by molar-refractivity contribution is -0.143. The van der Waals surface area contributed by atoms with Gasteiger partial charge in [-0.25, -0.2) is 4.98 Å². The van der Waals surface area contributed by atoms with Gasteiger partial charge in [0.05, 0.1) is 12.2 Å². The number of rotatable bonds is 7. The van der Waals surface area contributed by atoms with Gasteiger partial charge in [-0.2, -0.15) is 5.26 Å². The van der Waals surface area contributed by atoms with Crippen LogP contribution in [0.2, 0.25) is 0 Å². The maximum atomic E-state index is 11.0. The van der Waals surface area contributed by atoms with E-state index in [1.165, 1.54) is 0 Å². The first-order valence-corrected chi connectivity index (χ1v) is 7.44. The predicted octanol–water partition coefficient (Wildman–Crippen LogP) is 2.77. The smallest absolute Gasteiger partial charge is 0.305 e. The van der Waals surface area contributed by atoms with Crippen LogP contribution < -0.4 is 5.32 Å². The minimum Gasteiger partial charge on any atom is -0.466 e. The fraction of sp³-hybridized carbons (Fsp3) is 0.294. The number of nitrogens with one attached hydrogen (secondary N) is 1. The zero-order chi connectivity index (χ0) is 16.5. The van der Waals surface area contributed by atoms with Crippen LogP contribution >= 0.6 is 0 Å². The summed E-state index contributed by atoms with van der Waals surface area (Å²) in [5, 5.41) is 12.4. The fourth-order valence-corrected chi connectivity index (χ4v) is 1.96. The number of carbonyl (C=O) groups excluding carboxylic acids is 1. The van der Waals surface area contributed by atoms with Gasteiger partial charge in [0.2, 0.25) is 0 Å². The molecule has 2 aromatic rings. The highest BCUT2D eigenvalue weighted by Gasteiger charge is 2.06. The second kappa shape index (κ2) is 8.49. The molecule has 6 heteroatoms. The van der Waals surface area contributed by atoms with Gasteiger partial charge in [-0.05, 0) is 30.2 Å². The highest BCUT2D eigenvalue weighted by atomic mass is 16.5. The molecule has 0 aliphatic heterocycles. The van der Waals surface area contributed by atoms with Gasteiger partial charge in [0.15, 0.2) is 0 Å². The van der Waals surface area contributed by atoms with E-state index < -0.39 is 0 Å². The Morgan fingerprint density at radius 1 is 1.35 bits per heavy atom. The van der Waals surface area contributed by atoms with E-state index in [1.807, 2.05) is 12.1 Å². The fourth-order valence-electron chi connectivity index (χ4n) is 1.96. The average Bonchev–Trinajstić information content (AvgIpc) is 2.62. The third kappa shape index (κ3) is 4.78. The molecular formula is C17H18N4O2. The molecular weight excluding hydrogens is 292 g/mol. The molecule has 0 aliphatic carbocycles. The van der Waals surface area contributed by atoms with E-state index in [4.69, 9.17) is 4.74 Å². The largest absolute Gasteiger partial charge is 0.466 e. The van der Waals surface area contributed by atoms with Crippen molar-refractivity contribution in [2.45, 2.75) is 19.8 Å². The van der Waals surface area contributed by atoms with E-state index in [2.05, 4.69) is 21.4 Å². The zero-order valence-electron chi connectivity index (χ0n) is 13.0. The van der Waals surface area contributed by atoms with Gasteiger partial charge in [-0.3, -0.25) is 9.78 Å². The lowest BCUT2D eigenvalue weighted by atomic mass is 10.1. The number of hydrogen-bond donors (Lipinski definition) is 1. The lowest BCUT2D eigenvalue weighted by Crippen LogP contribution is -2.10. The van der Waals surface area contributed by atoms with Crippen LogP contribution in [0.25, 0.3) is 11.1 Å². The molecule has 2 rings (SSSR count). The van der Waals surface area contributed by atoms with Crippen molar-refractivity contribution in [1.82, 2.24) is 9.97 Å². The van der Waals surface area contributed by atoms with Crippen molar-refractivity contribution in [3.63, 3.8) is 0 Å². The van der Waals surface area contributed by atoms with E-state index in [0.717, 1.165) is 11.1 Å². The number of hydrogen-bond acceptors (Lipinski definition) is 6. The Balaban J connectivity index is 1.95. The average molecular weight is 310 g/mol. The molecule has 0 atom stereocenters. The molecule has 2 aromatic heterocycles. The Hall–Kier alpha value is -2.94. The first-order chi connectivity index (χ1) is 11.2. The maximum Gasteiger partial charge on any atom is 0.305 e. The third-order valence-electron chi connectivity index (χ3n) is 3.19. The molecule has 0 saturated heterocycles. The SMILES string of the molecule is CCC(=O)OCCCNc1ncc(-c2ccncc2)cc1C#N. The standard InChI is InChI=1S/C17H18N4O2/c1-2-16(22)23-9-3-6-20-17-14(11-18)10-15(12-21-17)13-4-7-19-8-5-13/h4-5,7-8,10,12H,2-3,6,9H2,1H3,(H,20,21). The van der Waals surface area contributed by atoms with Crippen molar-refractivity contribution in [2.75, 3.05) is 18.5 Å². The molecule has 0 bridgehead atoms. The van der Waals surface area contributed by atoms with Gasteiger partial charge >= 0.3 is 5.97 Å². The minimum atomic E-state index is -0.206. The van der Waals surface area contributed by atoms with Crippen molar-refractivity contribution in [3.8, 4) is 17.2 Å². The third-order valence-corrected chi connectivity index (χ3v) is 3.19. The van der Waals surface area contributed by atoms with Crippen molar-refractivity contribution >= 4 is 11.8 Å². The van der Waals surface area contributed by atoms with E-state index in [9.17, 15) is 10.1 Å². The molecule has 0 radical (unpaired) electrons. The molecule has 0 saturated carbocycles. The van der Waals surface area contributed by atoms with Crippen molar-refractivity contribution < 1.29 is 9.53 Å². The number of anilines is 1. The van der Waals surface area contributed by atoms with Crippen LogP contribution in [0.15, 0.2) is 36.8 Å². The second-order valence-corrected chi connectivity index (χ2v) is 4.82. The van der Waals surface area contributed by atoms with Crippen molar-refractivity contribution in [3.05, 3.63) is 42.4 Å². The second-order valence-electron chi connectivity index (χ2n) is 4.82. The first-order valence-electron chi connectivity index (χ1n) is 7.44. The Kier molecular flexibility index (Phi) is 6.07. The van der Waals surface area contributed by atoms with Gasteiger partial charge in [-0.15, -0.1) is 0 Å². The first kappa shape index (κ1) is 16.4. The van der Waals surface area contributed by atoms with Gasteiger partial charge in [0, 0.05) is 37.1 Å². The van der Waals surface area contributed by atoms with Gasteiger partial charge in [-0.1, -0.05) is 6.92 Å². The maximum absolute atomic E-state index is 11.0. The Morgan fingerprint density at radius 3 is 2.83 bits per heavy atom. The van der Waals surface area contributed by atoms with E-state index in [1.54, 1.807) is 31.6 Å². The molecule has 0 unspecified atom stereocenters. The molecule has 0 aromatic carbocycles. The van der Waals surface area contributed by atoms with Crippen LogP contribution in [0, 0.1) is 11.3 Å².